The third kappa shape index (κ3) is 1.48. The number of fused-ring (bicyclic) bond motifs is 1. The van der Waals surface area contributed by atoms with Crippen molar-refractivity contribution in [2.45, 2.75) is 13.2 Å². The largest absolute Gasteiger partial charge is 0.496 e. The molecule has 0 spiro atoms. The van der Waals surface area contributed by atoms with Crippen LogP contribution in [-0.2, 0) is 25.0 Å². The summed E-state index contributed by atoms with van der Waals surface area (Å²) in [5.74, 6) is 1.44. The van der Waals surface area contributed by atoms with E-state index in [0.717, 1.165) is 22.4 Å². The molecule has 0 saturated carbocycles. The Balaban J connectivity index is 2.27. The Morgan fingerprint density at radius 1 is 1.39 bits per heavy atom. The van der Waals surface area contributed by atoms with E-state index < -0.39 is 0 Å². The number of hydrogen-bond donors (Lipinski definition) is 1. The second-order valence-electron chi connectivity index (χ2n) is 4.34. The van der Waals surface area contributed by atoms with E-state index in [1.54, 1.807) is 18.0 Å². The van der Waals surface area contributed by atoms with Gasteiger partial charge in [-0.2, -0.15) is 5.10 Å². The molecule has 0 atom stereocenters. The van der Waals surface area contributed by atoms with E-state index in [1.807, 2.05) is 19.2 Å². The molecule has 1 aromatic heterocycles. The summed E-state index contributed by atoms with van der Waals surface area (Å²) < 4.78 is 12.6. The van der Waals surface area contributed by atoms with Crippen molar-refractivity contribution in [1.29, 1.82) is 0 Å². The number of aromatic nitrogens is 2. The molecule has 2 N–H and O–H groups in total. The molecule has 1 aromatic carbocycles. The standard InChI is InChI=1S/C13H15N3O2/c1-16-13(14)9(5-15-16)12-10-7-18-6-8(10)3-4-11(12)17-2/h3-5H,6-7,14H2,1-2H3. The highest BCUT2D eigenvalue weighted by Gasteiger charge is 2.22. The molecule has 0 fully saturated rings. The van der Waals surface area contributed by atoms with Crippen LogP contribution in [0.5, 0.6) is 5.75 Å². The number of anilines is 1. The Morgan fingerprint density at radius 2 is 2.22 bits per heavy atom. The average Bonchev–Trinajstić information content (AvgIpc) is 2.97. The van der Waals surface area contributed by atoms with Gasteiger partial charge in [0.2, 0.25) is 0 Å². The Hall–Kier alpha value is -2.01. The molecule has 5 nitrogen and oxygen atoms in total. The summed E-state index contributed by atoms with van der Waals surface area (Å²) in [4.78, 5) is 0. The minimum Gasteiger partial charge on any atom is -0.496 e. The quantitative estimate of drug-likeness (QED) is 0.874. The third-order valence-electron chi connectivity index (χ3n) is 3.35. The lowest BCUT2D eigenvalue weighted by Crippen LogP contribution is -2.00. The molecule has 2 aromatic rings. The van der Waals surface area contributed by atoms with Gasteiger partial charge < -0.3 is 15.2 Å². The molecule has 0 amide bonds. The maximum Gasteiger partial charge on any atom is 0.129 e. The zero-order valence-electron chi connectivity index (χ0n) is 10.4. The summed E-state index contributed by atoms with van der Waals surface area (Å²) in [6.45, 7) is 1.24. The first-order valence-electron chi connectivity index (χ1n) is 5.76. The first-order chi connectivity index (χ1) is 8.72. The van der Waals surface area contributed by atoms with Gasteiger partial charge in [-0.15, -0.1) is 0 Å². The number of nitrogens with zero attached hydrogens (tertiary/aromatic N) is 2. The summed E-state index contributed by atoms with van der Waals surface area (Å²) in [5.41, 5.74) is 10.3. The lowest BCUT2D eigenvalue weighted by Gasteiger charge is -2.12. The predicted octanol–water partition coefficient (Wildman–Crippen LogP) is 1.71. The molecule has 0 radical (unpaired) electrons. The monoisotopic (exact) mass is 245 g/mol. The van der Waals surface area contributed by atoms with Crippen LogP contribution in [0.1, 0.15) is 11.1 Å². The zero-order valence-corrected chi connectivity index (χ0v) is 10.4. The van der Waals surface area contributed by atoms with E-state index in [-0.39, 0.29) is 0 Å². The molecule has 0 saturated heterocycles. The maximum atomic E-state index is 6.06. The molecule has 0 unspecified atom stereocenters. The van der Waals surface area contributed by atoms with Gasteiger partial charge in [-0.1, -0.05) is 6.07 Å². The van der Waals surface area contributed by atoms with Crippen LogP contribution in [-0.4, -0.2) is 16.9 Å². The summed E-state index contributed by atoms with van der Waals surface area (Å²) in [5, 5.41) is 4.19. The molecule has 0 aliphatic carbocycles. The molecule has 1 aliphatic rings. The van der Waals surface area contributed by atoms with Crippen molar-refractivity contribution in [2.24, 2.45) is 7.05 Å². The van der Waals surface area contributed by atoms with Gasteiger partial charge in [0.05, 0.1) is 26.5 Å². The van der Waals surface area contributed by atoms with Gasteiger partial charge in [0.25, 0.3) is 0 Å². The highest BCUT2D eigenvalue weighted by molar-refractivity contribution is 5.82. The molecular weight excluding hydrogens is 230 g/mol. The highest BCUT2D eigenvalue weighted by Crippen LogP contribution is 2.40. The van der Waals surface area contributed by atoms with Gasteiger partial charge in [-0.05, 0) is 17.2 Å². The SMILES string of the molecule is COc1ccc2c(c1-c1cnn(C)c1N)COC2. The lowest BCUT2D eigenvalue weighted by atomic mass is 9.97. The Morgan fingerprint density at radius 3 is 2.89 bits per heavy atom. The van der Waals surface area contributed by atoms with Crippen molar-refractivity contribution in [3.63, 3.8) is 0 Å². The van der Waals surface area contributed by atoms with Gasteiger partial charge >= 0.3 is 0 Å². The molecule has 5 heteroatoms. The number of benzene rings is 1. The van der Waals surface area contributed by atoms with Crippen molar-refractivity contribution in [3.05, 3.63) is 29.5 Å². The number of hydrogen-bond acceptors (Lipinski definition) is 4. The fourth-order valence-corrected chi connectivity index (χ4v) is 2.34. The van der Waals surface area contributed by atoms with Crippen LogP contribution in [0.15, 0.2) is 18.3 Å². The second kappa shape index (κ2) is 4.03. The summed E-state index contributed by atoms with van der Waals surface area (Å²) in [6, 6.07) is 3.99. The van der Waals surface area contributed by atoms with E-state index in [1.165, 1.54) is 5.56 Å². The average molecular weight is 245 g/mol. The third-order valence-corrected chi connectivity index (χ3v) is 3.35. The number of nitrogens with two attached hydrogens (primary N) is 1. The normalized spacial score (nSPS) is 13.7. The minimum atomic E-state index is 0.593. The van der Waals surface area contributed by atoms with E-state index in [0.29, 0.717) is 19.0 Å². The molecule has 3 rings (SSSR count). The predicted molar refractivity (Wildman–Crippen MR) is 68.1 cm³/mol. The Kier molecular flexibility index (Phi) is 2.48. The first kappa shape index (κ1) is 11.1. The van der Waals surface area contributed by atoms with Crippen molar-refractivity contribution in [2.75, 3.05) is 12.8 Å². The number of nitrogen functional groups attached to an aromatic ring is 1. The van der Waals surface area contributed by atoms with Crippen LogP contribution in [0.3, 0.4) is 0 Å². The van der Waals surface area contributed by atoms with E-state index in [4.69, 9.17) is 15.2 Å². The molecule has 2 heterocycles. The Labute approximate surface area is 105 Å². The number of rotatable bonds is 2. The van der Waals surface area contributed by atoms with Crippen molar-refractivity contribution >= 4 is 5.82 Å². The second-order valence-corrected chi connectivity index (χ2v) is 4.34. The van der Waals surface area contributed by atoms with Gasteiger partial charge in [-0.3, -0.25) is 4.68 Å². The molecule has 18 heavy (non-hydrogen) atoms. The fraction of sp³-hybridized carbons (Fsp3) is 0.308. The lowest BCUT2D eigenvalue weighted by molar-refractivity contribution is 0.134. The molecule has 0 bridgehead atoms. The van der Waals surface area contributed by atoms with E-state index >= 15 is 0 Å². The Bertz CT molecular complexity index is 605. The van der Waals surface area contributed by atoms with E-state index in [9.17, 15) is 0 Å². The zero-order chi connectivity index (χ0) is 12.7. The molecular formula is C13H15N3O2. The van der Waals surface area contributed by atoms with Crippen LogP contribution in [0.4, 0.5) is 5.82 Å². The van der Waals surface area contributed by atoms with Crippen LogP contribution < -0.4 is 10.5 Å². The highest BCUT2D eigenvalue weighted by atomic mass is 16.5. The smallest absolute Gasteiger partial charge is 0.129 e. The van der Waals surface area contributed by atoms with Crippen molar-refractivity contribution in [1.82, 2.24) is 9.78 Å². The fourth-order valence-electron chi connectivity index (χ4n) is 2.34. The van der Waals surface area contributed by atoms with Gasteiger partial charge in [0, 0.05) is 18.2 Å². The first-order valence-corrected chi connectivity index (χ1v) is 5.76. The molecule has 1 aliphatic heterocycles. The van der Waals surface area contributed by atoms with Gasteiger partial charge in [0.15, 0.2) is 0 Å². The van der Waals surface area contributed by atoms with E-state index in [2.05, 4.69) is 5.10 Å². The number of ether oxygens (including phenoxy) is 2. The summed E-state index contributed by atoms with van der Waals surface area (Å²) in [6.07, 6.45) is 1.77. The minimum absolute atomic E-state index is 0.593. The number of methoxy groups -OCH3 is 1. The summed E-state index contributed by atoms with van der Waals surface area (Å²) >= 11 is 0. The van der Waals surface area contributed by atoms with Crippen LogP contribution in [0.25, 0.3) is 11.1 Å². The van der Waals surface area contributed by atoms with Crippen molar-refractivity contribution in [3.8, 4) is 16.9 Å². The topological polar surface area (TPSA) is 62.3 Å². The van der Waals surface area contributed by atoms with Gasteiger partial charge in [0.1, 0.15) is 11.6 Å². The van der Waals surface area contributed by atoms with Crippen molar-refractivity contribution < 1.29 is 9.47 Å². The van der Waals surface area contributed by atoms with Crippen LogP contribution >= 0.6 is 0 Å². The summed E-state index contributed by atoms with van der Waals surface area (Å²) in [7, 11) is 3.48. The molecule has 94 valence electrons. The number of aryl methyl sites for hydroxylation is 1. The van der Waals surface area contributed by atoms with Crippen LogP contribution in [0, 0.1) is 0 Å². The maximum absolute atomic E-state index is 6.06. The van der Waals surface area contributed by atoms with Gasteiger partial charge in [-0.25, -0.2) is 0 Å². The van der Waals surface area contributed by atoms with Crippen LogP contribution in [0.2, 0.25) is 0 Å².